The monoisotopic (exact) mass is 309 g/mol. The van der Waals surface area contributed by atoms with E-state index in [1.54, 1.807) is 20.8 Å². The highest BCUT2D eigenvalue weighted by molar-refractivity contribution is 5.88. The molecule has 0 bridgehead atoms. The van der Waals surface area contributed by atoms with Crippen molar-refractivity contribution < 1.29 is 32.2 Å². The molecule has 0 fully saturated rings. The van der Waals surface area contributed by atoms with Crippen molar-refractivity contribution in [2.24, 2.45) is 0 Å². The first-order valence-electron chi connectivity index (χ1n) is 5.98. The molecule has 1 aromatic rings. The Kier molecular flexibility index (Phi) is 4.80. The van der Waals surface area contributed by atoms with Crippen molar-refractivity contribution >= 4 is 5.97 Å². The summed E-state index contributed by atoms with van der Waals surface area (Å²) in [7, 11) is 0. The smallest absolute Gasteiger partial charge is 0.340 e. The molecule has 0 radical (unpaired) electrons. The molecule has 0 aliphatic carbocycles. The van der Waals surface area contributed by atoms with Gasteiger partial charge in [-0.15, -0.1) is 0 Å². The highest BCUT2D eigenvalue weighted by Gasteiger charge is 2.42. The van der Waals surface area contributed by atoms with E-state index < -0.39 is 36.2 Å². The highest BCUT2D eigenvalue weighted by Crippen LogP contribution is 2.27. The number of alkyl halides is 4. The zero-order valence-corrected chi connectivity index (χ0v) is 11.7. The molecule has 4 nitrogen and oxygen atoms in total. The summed E-state index contributed by atoms with van der Waals surface area (Å²) in [6.07, 6.45) is -3.87. The van der Waals surface area contributed by atoms with Crippen LogP contribution in [0.15, 0.2) is 12.1 Å². The van der Waals surface area contributed by atoms with Crippen LogP contribution in [-0.2, 0) is 5.41 Å². The standard InChI is InChI=1S/C13H15F4NO3/c1-12(2,3)8-4-7(10(19)20)5-9(18-8)21-6-13(16,17)11(14)15/h4-5,11H,6H2,1-3H3,(H,19,20). The Balaban J connectivity index is 3.07. The second-order valence-electron chi connectivity index (χ2n) is 5.48. The summed E-state index contributed by atoms with van der Waals surface area (Å²) in [5, 5.41) is 8.96. The Morgan fingerprint density at radius 1 is 1.33 bits per heavy atom. The van der Waals surface area contributed by atoms with E-state index in [1.165, 1.54) is 6.07 Å². The van der Waals surface area contributed by atoms with Crippen LogP contribution in [0.1, 0.15) is 36.8 Å². The first-order chi connectivity index (χ1) is 9.43. The Bertz CT molecular complexity index is 527. The first-order valence-corrected chi connectivity index (χ1v) is 5.98. The number of nitrogens with zero attached hydrogens (tertiary/aromatic N) is 1. The van der Waals surface area contributed by atoms with Crippen molar-refractivity contribution in [3.05, 3.63) is 23.4 Å². The first kappa shape index (κ1) is 17.2. The minimum absolute atomic E-state index is 0.217. The Morgan fingerprint density at radius 3 is 2.33 bits per heavy atom. The minimum atomic E-state index is -4.33. The lowest BCUT2D eigenvalue weighted by Gasteiger charge is -2.20. The number of carboxylic acid groups (broad SMARTS) is 1. The average molecular weight is 309 g/mol. The van der Waals surface area contributed by atoms with E-state index in [9.17, 15) is 22.4 Å². The molecule has 21 heavy (non-hydrogen) atoms. The number of carbonyl (C=O) groups is 1. The summed E-state index contributed by atoms with van der Waals surface area (Å²) < 4.78 is 54.3. The predicted octanol–water partition coefficient (Wildman–Crippen LogP) is 3.36. The van der Waals surface area contributed by atoms with Gasteiger partial charge < -0.3 is 9.84 Å². The topological polar surface area (TPSA) is 59.4 Å². The third-order valence-corrected chi connectivity index (χ3v) is 2.55. The van der Waals surface area contributed by atoms with E-state index in [-0.39, 0.29) is 11.3 Å². The molecule has 0 spiro atoms. The van der Waals surface area contributed by atoms with Crippen molar-refractivity contribution in [1.82, 2.24) is 4.98 Å². The van der Waals surface area contributed by atoms with E-state index in [4.69, 9.17) is 5.11 Å². The third-order valence-electron chi connectivity index (χ3n) is 2.55. The van der Waals surface area contributed by atoms with Gasteiger partial charge in [0.25, 0.3) is 0 Å². The van der Waals surface area contributed by atoms with Gasteiger partial charge in [0, 0.05) is 11.5 Å². The number of carboxylic acids is 1. The SMILES string of the molecule is CC(C)(C)c1cc(C(=O)O)cc(OCC(F)(F)C(F)F)n1. The van der Waals surface area contributed by atoms with Gasteiger partial charge in [0.1, 0.15) is 0 Å². The van der Waals surface area contributed by atoms with Gasteiger partial charge in [0.15, 0.2) is 6.61 Å². The van der Waals surface area contributed by atoms with Gasteiger partial charge >= 0.3 is 18.3 Å². The molecule has 0 saturated heterocycles. The fourth-order valence-corrected chi connectivity index (χ4v) is 1.32. The summed E-state index contributed by atoms with van der Waals surface area (Å²) in [6.45, 7) is 3.62. The fraction of sp³-hybridized carbons (Fsp3) is 0.538. The number of aromatic carboxylic acids is 1. The van der Waals surface area contributed by atoms with Crippen LogP contribution in [0.4, 0.5) is 17.6 Å². The van der Waals surface area contributed by atoms with Crippen LogP contribution in [0, 0.1) is 0 Å². The lowest BCUT2D eigenvalue weighted by atomic mass is 9.91. The normalized spacial score (nSPS) is 12.6. The van der Waals surface area contributed by atoms with E-state index >= 15 is 0 Å². The molecule has 118 valence electrons. The Morgan fingerprint density at radius 2 is 1.90 bits per heavy atom. The number of rotatable bonds is 5. The van der Waals surface area contributed by atoms with Gasteiger partial charge in [-0.25, -0.2) is 18.6 Å². The van der Waals surface area contributed by atoms with Crippen molar-refractivity contribution in [2.75, 3.05) is 6.61 Å². The van der Waals surface area contributed by atoms with Gasteiger partial charge in [-0.05, 0) is 6.07 Å². The lowest BCUT2D eigenvalue weighted by Crippen LogP contribution is -2.34. The summed E-state index contributed by atoms with van der Waals surface area (Å²) >= 11 is 0. The van der Waals surface area contributed by atoms with E-state index in [1.807, 2.05) is 0 Å². The number of ether oxygens (including phenoxy) is 1. The van der Waals surface area contributed by atoms with Crippen molar-refractivity contribution in [3.8, 4) is 5.88 Å². The molecule has 0 aromatic carbocycles. The molecule has 0 unspecified atom stereocenters. The van der Waals surface area contributed by atoms with E-state index in [0.717, 1.165) is 6.07 Å². The molecule has 0 aliphatic rings. The number of hydrogen-bond donors (Lipinski definition) is 1. The van der Waals surface area contributed by atoms with Gasteiger partial charge in [-0.1, -0.05) is 20.8 Å². The van der Waals surface area contributed by atoms with E-state index in [2.05, 4.69) is 9.72 Å². The zero-order valence-electron chi connectivity index (χ0n) is 11.7. The van der Waals surface area contributed by atoms with Crippen LogP contribution in [0.2, 0.25) is 0 Å². The van der Waals surface area contributed by atoms with Crippen LogP contribution in [0.25, 0.3) is 0 Å². The summed E-state index contributed by atoms with van der Waals surface area (Å²) in [5.74, 6) is -6.06. The van der Waals surface area contributed by atoms with E-state index in [0.29, 0.717) is 0 Å². The van der Waals surface area contributed by atoms with Crippen LogP contribution in [-0.4, -0.2) is 35.0 Å². The predicted molar refractivity (Wildman–Crippen MR) is 66.3 cm³/mol. The number of halogens is 4. The molecule has 1 aromatic heterocycles. The van der Waals surface area contributed by atoms with Gasteiger partial charge in [-0.3, -0.25) is 0 Å². The summed E-state index contributed by atoms with van der Waals surface area (Å²) in [6, 6.07) is 2.19. The molecule has 0 aliphatic heterocycles. The third kappa shape index (κ3) is 4.57. The number of pyridine rings is 1. The van der Waals surface area contributed by atoms with Crippen LogP contribution in [0.3, 0.4) is 0 Å². The highest BCUT2D eigenvalue weighted by atomic mass is 19.3. The molecular weight excluding hydrogens is 294 g/mol. The maximum Gasteiger partial charge on any atom is 0.340 e. The fourth-order valence-electron chi connectivity index (χ4n) is 1.32. The molecule has 8 heteroatoms. The number of aromatic nitrogens is 1. The van der Waals surface area contributed by atoms with Crippen LogP contribution in [0.5, 0.6) is 5.88 Å². The maximum atomic E-state index is 12.8. The van der Waals surface area contributed by atoms with Gasteiger partial charge in [0.05, 0.1) is 11.3 Å². The van der Waals surface area contributed by atoms with Crippen LogP contribution < -0.4 is 4.74 Å². The minimum Gasteiger partial charge on any atom is -0.478 e. The average Bonchev–Trinajstić information content (AvgIpc) is 2.34. The largest absolute Gasteiger partial charge is 0.478 e. The van der Waals surface area contributed by atoms with Crippen LogP contribution >= 0.6 is 0 Å². The lowest BCUT2D eigenvalue weighted by molar-refractivity contribution is -0.148. The molecule has 1 N–H and O–H groups in total. The molecule has 0 atom stereocenters. The summed E-state index contributed by atoms with van der Waals surface area (Å²) in [4.78, 5) is 14.9. The van der Waals surface area contributed by atoms with Gasteiger partial charge in [-0.2, -0.15) is 8.78 Å². The second kappa shape index (κ2) is 5.87. The van der Waals surface area contributed by atoms with Crippen molar-refractivity contribution in [3.63, 3.8) is 0 Å². The van der Waals surface area contributed by atoms with Crippen molar-refractivity contribution in [1.29, 1.82) is 0 Å². The Labute approximate surface area is 118 Å². The maximum absolute atomic E-state index is 12.8. The van der Waals surface area contributed by atoms with Crippen molar-refractivity contribution in [2.45, 2.75) is 38.5 Å². The summed E-state index contributed by atoms with van der Waals surface area (Å²) in [5.41, 5.74) is -0.488. The molecule has 1 heterocycles. The molecule has 0 saturated carbocycles. The van der Waals surface area contributed by atoms with Gasteiger partial charge in [0.2, 0.25) is 5.88 Å². The quantitative estimate of drug-likeness (QED) is 0.847. The molecule has 1 rings (SSSR count). The number of hydrogen-bond acceptors (Lipinski definition) is 3. The molecular formula is C13H15F4NO3. The second-order valence-corrected chi connectivity index (χ2v) is 5.48. The molecule has 0 amide bonds. The Hall–Kier alpha value is -1.86. The zero-order chi connectivity index (χ0) is 16.4.